The average molecular weight is 244 g/mol. The van der Waals surface area contributed by atoms with Crippen LogP contribution < -0.4 is 5.32 Å². The molecule has 3 nitrogen and oxygen atoms in total. The SMILES string of the molecule is O=C1CC2CN(Cc3ccccc3)CC2CCN1. The maximum atomic E-state index is 11.6. The number of likely N-dealkylation sites (tertiary alicyclic amines) is 1. The molecule has 2 saturated heterocycles. The third-order valence-corrected chi connectivity index (χ3v) is 4.19. The molecule has 2 heterocycles. The summed E-state index contributed by atoms with van der Waals surface area (Å²) in [7, 11) is 0. The van der Waals surface area contributed by atoms with Crippen LogP contribution >= 0.6 is 0 Å². The molecule has 0 saturated carbocycles. The van der Waals surface area contributed by atoms with Crippen LogP contribution in [-0.4, -0.2) is 30.4 Å². The fraction of sp³-hybridized carbons (Fsp3) is 0.533. The monoisotopic (exact) mass is 244 g/mol. The van der Waals surface area contributed by atoms with Gasteiger partial charge in [-0.15, -0.1) is 0 Å². The molecule has 0 aliphatic carbocycles. The summed E-state index contributed by atoms with van der Waals surface area (Å²) in [4.78, 5) is 14.1. The molecule has 0 aromatic heterocycles. The topological polar surface area (TPSA) is 32.3 Å². The van der Waals surface area contributed by atoms with Gasteiger partial charge in [-0.1, -0.05) is 30.3 Å². The predicted molar refractivity (Wildman–Crippen MR) is 70.9 cm³/mol. The van der Waals surface area contributed by atoms with E-state index in [9.17, 15) is 4.79 Å². The molecule has 2 fully saturated rings. The van der Waals surface area contributed by atoms with Gasteiger partial charge in [0.15, 0.2) is 0 Å². The molecule has 2 unspecified atom stereocenters. The summed E-state index contributed by atoms with van der Waals surface area (Å²) in [6.07, 6.45) is 1.86. The zero-order valence-electron chi connectivity index (χ0n) is 10.6. The summed E-state index contributed by atoms with van der Waals surface area (Å²) >= 11 is 0. The fourth-order valence-electron chi connectivity index (χ4n) is 3.27. The van der Waals surface area contributed by atoms with E-state index in [0.29, 0.717) is 11.8 Å². The van der Waals surface area contributed by atoms with Crippen LogP contribution in [0.4, 0.5) is 0 Å². The number of amides is 1. The van der Waals surface area contributed by atoms with Gasteiger partial charge in [0.25, 0.3) is 0 Å². The Morgan fingerprint density at radius 2 is 1.94 bits per heavy atom. The minimum atomic E-state index is 0.240. The molecule has 2 aliphatic heterocycles. The van der Waals surface area contributed by atoms with E-state index in [2.05, 4.69) is 40.5 Å². The Bertz CT molecular complexity index is 418. The smallest absolute Gasteiger partial charge is 0.220 e. The lowest BCUT2D eigenvalue weighted by Crippen LogP contribution is -2.26. The Hall–Kier alpha value is -1.35. The highest BCUT2D eigenvalue weighted by Gasteiger charge is 2.35. The molecule has 3 heteroatoms. The standard InChI is InChI=1S/C15H20N2O/c18-15-8-14-11-17(10-13(14)6-7-16-15)9-12-4-2-1-3-5-12/h1-5,13-14H,6-11H2,(H,16,18). The summed E-state index contributed by atoms with van der Waals surface area (Å²) in [5.74, 6) is 1.51. The van der Waals surface area contributed by atoms with Crippen molar-refractivity contribution >= 4 is 5.91 Å². The molecule has 0 radical (unpaired) electrons. The lowest BCUT2D eigenvalue weighted by molar-refractivity contribution is -0.121. The first-order valence-electron chi connectivity index (χ1n) is 6.84. The van der Waals surface area contributed by atoms with Crippen molar-refractivity contribution in [3.8, 4) is 0 Å². The summed E-state index contributed by atoms with van der Waals surface area (Å²) in [6, 6.07) is 10.6. The Kier molecular flexibility index (Phi) is 3.33. The first-order valence-corrected chi connectivity index (χ1v) is 6.84. The highest BCUT2D eigenvalue weighted by atomic mass is 16.1. The van der Waals surface area contributed by atoms with Gasteiger partial charge in [0.05, 0.1) is 0 Å². The van der Waals surface area contributed by atoms with Crippen LogP contribution in [0.1, 0.15) is 18.4 Å². The number of carbonyl (C=O) groups is 1. The molecule has 1 aromatic carbocycles. The number of rotatable bonds is 2. The molecular weight excluding hydrogens is 224 g/mol. The van der Waals surface area contributed by atoms with Gasteiger partial charge in [-0.2, -0.15) is 0 Å². The van der Waals surface area contributed by atoms with Gasteiger partial charge in [-0.25, -0.2) is 0 Å². The largest absolute Gasteiger partial charge is 0.356 e. The van der Waals surface area contributed by atoms with Gasteiger partial charge in [-0.3, -0.25) is 9.69 Å². The van der Waals surface area contributed by atoms with E-state index in [4.69, 9.17) is 0 Å². The number of nitrogens with one attached hydrogen (secondary N) is 1. The third-order valence-electron chi connectivity index (χ3n) is 4.19. The number of fused-ring (bicyclic) bond motifs is 1. The lowest BCUT2D eigenvalue weighted by Gasteiger charge is -2.16. The lowest BCUT2D eigenvalue weighted by atomic mass is 9.91. The second-order valence-corrected chi connectivity index (χ2v) is 5.54. The normalized spacial score (nSPS) is 28.6. The van der Waals surface area contributed by atoms with Crippen LogP contribution in [0.2, 0.25) is 0 Å². The predicted octanol–water partition coefficient (Wildman–Crippen LogP) is 1.64. The first-order chi connectivity index (χ1) is 8.81. The average Bonchev–Trinajstić information content (AvgIpc) is 2.64. The summed E-state index contributed by atoms with van der Waals surface area (Å²) in [5, 5.41) is 2.98. The quantitative estimate of drug-likeness (QED) is 0.858. The van der Waals surface area contributed by atoms with Crippen molar-refractivity contribution in [2.24, 2.45) is 11.8 Å². The molecule has 2 aliphatic rings. The molecule has 96 valence electrons. The Morgan fingerprint density at radius 1 is 1.17 bits per heavy atom. The molecule has 18 heavy (non-hydrogen) atoms. The zero-order valence-corrected chi connectivity index (χ0v) is 10.6. The van der Waals surface area contributed by atoms with Crippen molar-refractivity contribution in [3.63, 3.8) is 0 Å². The fourth-order valence-corrected chi connectivity index (χ4v) is 3.27. The maximum absolute atomic E-state index is 11.6. The second kappa shape index (κ2) is 5.11. The number of hydrogen-bond donors (Lipinski definition) is 1. The molecule has 2 atom stereocenters. The number of nitrogens with zero attached hydrogens (tertiary/aromatic N) is 1. The van der Waals surface area contributed by atoms with Gasteiger partial charge in [0.2, 0.25) is 5.91 Å². The highest BCUT2D eigenvalue weighted by molar-refractivity contribution is 5.76. The van der Waals surface area contributed by atoms with Gasteiger partial charge in [-0.05, 0) is 23.8 Å². The van der Waals surface area contributed by atoms with Gasteiger partial charge in [0.1, 0.15) is 0 Å². The van der Waals surface area contributed by atoms with E-state index in [0.717, 1.165) is 39.0 Å². The van der Waals surface area contributed by atoms with Gasteiger partial charge < -0.3 is 5.32 Å². The Labute approximate surface area is 108 Å². The molecule has 0 spiro atoms. The molecule has 1 amide bonds. The third kappa shape index (κ3) is 2.56. The van der Waals surface area contributed by atoms with Gasteiger partial charge in [0, 0.05) is 32.6 Å². The minimum Gasteiger partial charge on any atom is -0.356 e. The van der Waals surface area contributed by atoms with Crippen LogP contribution in [0.3, 0.4) is 0 Å². The minimum absolute atomic E-state index is 0.240. The van der Waals surface area contributed by atoms with Crippen molar-refractivity contribution < 1.29 is 4.79 Å². The maximum Gasteiger partial charge on any atom is 0.220 e. The Morgan fingerprint density at radius 3 is 2.78 bits per heavy atom. The second-order valence-electron chi connectivity index (χ2n) is 5.54. The van der Waals surface area contributed by atoms with Crippen LogP contribution in [0.5, 0.6) is 0 Å². The summed E-state index contributed by atoms with van der Waals surface area (Å²) in [5.41, 5.74) is 1.37. The van der Waals surface area contributed by atoms with Crippen LogP contribution in [0, 0.1) is 11.8 Å². The van der Waals surface area contributed by atoms with Crippen LogP contribution in [0.15, 0.2) is 30.3 Å². The molecule has 3 rings (SSSR count). The summed E-state index contributed by atoms with van der Waals surface area (Å²) < 4.78 is 0. The van der Waals surface area contributed by atoms with Crippen molar-refractivity contribution in [2.75, 3.05) is 19.6 Å². The highest BCUT2D eigenvalue weighted by Crippen LogP contribution is 2.31. The van der Waals surface area contributed by atoms with E-state index in [1.54, 1.807) is 0 Å². The molecule has 1 N–H and O–H groups in total. The van der Waals surface area contributed by atoms with Crippen molar-refractivity contribution in [2.45, 2.75) is 19.4 Å². The molecular formula is C15H20N2O. The van der Waals surface area contributed by atoms with Crippen molar-refractivity contribution in [1.82, 2.24) is 10.2 Å². The van der Waals surface area contributed by atoms with Gasteiger partial charge >= 0.3 is 0 Å². The molecule has 0 bridgehead atoms. The number of hydrogen-bond acceptors (Lipinski definition) is 2. The van der Waals surface area contributed by atoms with E-state index >= 15 is 0 Å². The van der Waals surface area contributed by atoms with Crippen LogP contribution in [-0.2, 0) is 11.3 Å². The van der Waals surface area contributed by atoms with Crippen LogP contribution in [0.25, 0.3) is 0 Å². The van der Waals surface area contributed by atoms with E-state index in [1.165, 1.54) is 5.56 Å². The molecule has 1 aromatic rings. The Balaban J connectivity index is 1.63. The first kappa shape index (κ1) is 11.7. The summed E-state index contributed by atoms with van der Waals surface area (Å²) in [6.45, 7) is 4.11. The number of carbonyl (C=O) groups excluding carboxylic acids is 1. The number of benzene rings is 1. The zero-order chi connectivity index (χ0) is 12.4. The van der Waals surface area contributed by atoms with E-state index in [1.807, 2.05) is 0 Å². The van der Waals surface area contributed by atoms with E-state index in [-0.39, 0.29) is 5.91 Å². The van der Waals surface area contributed by atoms with E-state index < -0.39 is 0 Å². The van der Waals surface area contributed by atoms with Crippen molar-refractivity contribution in [3.05, 3.63) is 35.9 Å². The van der Waals surface area contributed by atoms with Crippen molar-refractivity contribution in [1.29, 1.82) is 0 Å².